The van der Waals surface area contributed by atoms with Crippen molar-refractivity contribution in [3.63, 3.8) is 0 Å². The van der Waals surface area contributed by atoms with Gasteiger partial charge >= 0.3 is 0 Å². The number of nitrogens with one attached hydrogen (secondary N) is 2. The summed E-state index contributed by atoms with van der Waals surface area (Å²) in [4.78, 5) is 3.37. The molecular formula is C18H19ClN2. The van der Waals surface area contributed by atoms with Gasteiger partial charge in [-0.1, -0.05) is 48.0 Å². The summed E-state index contributed by atoms with van der Waals surface area (Å²) in [5, 5.41) is 5.36. The second-order valence-corrected chi connectivity index (χ2v) is 5.66. The summed E-state index contributed by atoms with van der Waals surface area (Å²) in [6.45, 7) is 0.954. The van der Waals surface area contributed by atoms with E-state index in [1.807, 2.05) is 19.2 Å². The van der Waals surface area contributed by atoms with Gasteiger partial charge in [-0.3, -0.25) is 0 Å². The predicted molar refractivity (Wildman–Crippen MR) is 90.1 cm³/mol. The lowest BCUT2D eigenvalue weighted by molar-refractivity contribution is 0.664. The van der Waals surface area contributed by atoms with Crippen molar-refractivity contribution in [2.75, 3.05) is 13.6 Å². The number of aromatic nitrogens is 1. The molecule has 0 amide bonds. The molecule has 21 heavy (non-hydrogen) atoms. The number of hydrogen-bond acceptors (Lipinski definition) is 1. The van der Waals surface area contributed by atoms with E-state index in [1.54, 1.807) is 0 Å². The Morgan fingerprint density at radius 3 is 2.62 bits per heavy atom. The SMILES string of the molecule is CNCCC(c1ccccc1Cl)c1c[nH]c2ccccc12. The second-order valence-electron chi connectivity index (χ2n) is 5.26. The molecule has 1 atom stereocenters. The van der Waals surface area contributed by atoms with Crippen LogP contribution in [0.25, 0.3) is 10.9 Å². The Kier molecular flexibility index (Phi) is 4.28. The number of fused-ring (bicyclic) bond motifs is 1. The van der Waals surface area contributed by atoms with Crippen LogP contribution in [0.1, 0.15) is 23.5 Å². The third kappa shape index (κ3) is 2.82. The minimum atomic E-state index is 0.294. The van der Waals surface area contributed by atoms with Gasteiger partial charge in [0.05, 0.1) is 0 Å². The lowest BCUT2D eigenvalue weighted by Crippen LogP contribution is -2.13. The Bertz CT molecular complexity index is 733. The average molecular weight is 299 g/mol. The number of halogens is 1. The van der Waals surface area contributed by atoms with Crippen LogP contribution in [-0.4, -0.2) is 18.6 Å². The third-order valence-corrected chi connectivity index (χ3v) is 4.30. The number of benzene rings is 2. The van der Waals surface area contributed by atoms with Crippen molar-refractivity contribution in [2.45, 2.75) is 12.3 Å². The molecule has 0 bridgehead atoms. The molecule has 1 unspecified atom stereocenters. The Balaban J connectivity index is 2.09. The maximum absolute atomic E-state index is 6.44. The van der Waals surface area contributed by atoms with Crippen LogP contribution in [0.3, 0.4) is 0 Å². The monoisotopic (exact) mass is 298 g/mol. The summed E-state index contributed by atoms with van der Waals surface area (Å²) in [6, 6.07) is 16.6. The van der Waals surface area contributed by atoms with Gasteiger partial charge in [-0.05, 0) is 43.3 Å². The lowest BCUT2D eigenvalue weighted by Gasteiger charge is -2.18. The molecular weight excluding hydrogens is 280 g/mol. The number of hydrogen-bond donors (Lipinski definition) is 2. The zero-order valence-electron chi connectivity index (χ0n) is 12.1. The summed E-state index contributed by atoms with van der Waals surface area (Å²) < 4.78 is 0. The first-order valence-electron chi connectivity index (χ1n) is 7.26. The second kappa shape index (κ2) is 6.33. The zero-order chi connectivity index (χ0) is 14.7. The molecule has 0 radical (unpaired) electrons. The van der Waals surface area contributed by atoms with E-state index in [9.17, 15) is 0 Å². The topological polar surface area (TPSA) is 27.8 Å². The lowest BCUT2D eigenvalue weighted by atomic mass is 9.88. The maximum atomic E-state index is 6.44. The highest BCUT2D eigenvalue weighted by molar-refractivity contribution is 6.31. The summed E-state index contributed by atoms with van der Waals surface area (Å²) >= 11 is 6.44. The van der Waals surface area contributed by atoms with Gasteiger partial charge in [0.25, 0.3) is 0 Å². The molecule has 0 aliphatic heterocycles. The number of aromatic amines is 1. The molecule has 2 nitrogen and oxygen atoms in total. The van der Waals surface area contributed by atoms with Crippen LogP contribution in [-0.2, 0) is 0 Å². The molecule has 2 N–H and O–H groups in total. The van der Waals surface area contributed by atoms with Crippen molar-refractivity contribution < 1.29 is 0 Å². The molecule has 0 spiro atoms. The molecule has 0 aliphatic carbocycles. The minimum Gasteiger partial charge on any atom is -0.361 e. The van der Waals surface area contributed by atoms with Crippen molar-refractivity contribution in [1.29, 1.82) is 0 Å². The maximum Gasteiger partial charge on any atom is 0.0457 e. The van der Waals surface area contributed by atoms with Crippen LogP contribution in [0.2, 0.25) is 5.02 Å². The summed E-state index contributed by atoms with van der Waals surface area (Å²) in [5.74, 6) is 0.294. The Morgan fingerprint density at radius 2 is 1.81 bits per heavy atom. The molecule has 0 fully saturated rings. The molecule has 0 aliphatic rings. The van der Waals surface area contributed by atoms with E-state index in [0.717, 1.165) is 18.0 Å². The molecule has 3 aromatic rings. The molecule has 2 aromatic carbocycles. The summed E-state index contributed by atoms with van der Waals surface area (Å²) in [5.41, 5.74) is 3.68. The van der Waals surface area contributed by atoms with Gasteiger partial charge in [-0.25, -0.2) is 0 Å². The zero-order valence-corrected chi connectivity index (χ0v) is 12.8. The van der Waals surface area contributed by atoms with Crippen molar-refractivity contribution >= 4 is 22.5 Å². The van der Waals surface area contributed by atoms with Gasteiger partial charge in [-0.15, -0.1) is 0 Å². The molecule has 0 saturated carbocycles. The van der Waals surface area contributed by atoms with Crippen molar-refractivity contribution in [3.05, 3.63) is 70.9 Å². The number of para-hydroxylation sites is 1. The van der Waals surface area contributed by atoms with Crippen LogP contribution >= 0.6 is 11.6 Å². The van der Waals surface area contributed by atoms with E-state index in [2.05, 4.69) is 52.9 Å². The fourth-order valence-electron chi connectivity index (χ4n) is 2.91. The fraction of sp³-hybridized carbons (Fsp3) is 0.222. The van der Waals surface area contributed by atoms with Gasteiger partial charge in [-0.2, -0.15) is 0 Å². The standard InChI is InChI=1S/C18H19ClN2/c1-20-11-10-13(14-6-2-4-8-17(14)19)16-12-21-18-9-5-3-7-15(16)18/h2-9,12-13,20-21H,10-11H2,1H3. The van der Waals surface area contributed by atoms with Crippen LogP contribution in [0, 0.1) is 0 Å². The first kappa shape index (κ1) is 14.2. The van der Waals surface area contributed by atoms with E-state index in [0.29, 0.717) is 5.92 Å². The summed E-state index contributed by atoms with van der Waals surface area (Å²) in [7, 11) is 1.99. The quantitative estimate of drug-likeness (QED) is 0.710. The highest BCUT2D eigenvalue weighted by atomic mass is 35.5. The van der Waals surface area contributed by atoms with Crippen LogP contribution in [0.5, 0.6) is 0 Å². The average Bonchev–Trinajstić information content (AvgIpc) is 2.93. The fourth-order valence-corrected chi connectivity index (χ4v) is 3.17. The normalized spacial score (nSPS) is 12.7. The highest BCUT2D eigenvalue weighted by Gasteiger charge is 2.19. The van der Waals surface area contributed by atoms with Crippen molar-refractivity contribution in [2.24, 2.45) is 0 Å². The van der Waals surface area contributed by atoms with Crippen LogP contribution in [0.15, 0.2) is 54.7 Å². The largest absolute Gasteiger partial charge is 0.361 e. The van der Waals surface area contributed by atoms with E-state index >= 15 is 0 Å². The van der Waals surface area contributed by atoms with Gasteiger partial charge in [0, 0.05) is 28.0 Å². The number of rotatable bonds is 5. The van der Waals surface area contributed by atoms with Crippen LogP contribution in [0.4, 0.5) is 0 Å². The minimum absolute atomic E-state index is 0.294. The van der Waals surface area contributed by atoms with E-state index in [4.69, 9.17) is 11.6 Å². The Hall–Kier alpha value is -1.77. The Labute approximate surface area is 130 Å². The van der Waals surface area contributed by atoms with E-state index < -0.39 is 0 Å². The van der Waals surface area contributed by atoms with Gasteiger partial charge in [0.1, 0.15) is 0 Å². The van der Waals surface area contributed by atoms with E-state index in [1.165, 1.54) is 22.0 Å². The highest BCUT2D eigenvalue weighted by Crippen LogP contribution is 2.36. The molecule has 1 heterocycles. The van der Waals surface area contributed by atoms with Gasteiger partial charge in [0.2, 0.25) is 0 Å². The first-order chi connectivity index (χ1) is 10.3. The van der Waals surface area contributed by atoms with Gasteiger partial charge in [0.15, 0.2) is 0 Å². The molecule has 108 valence electrons. The third-order valence-electron chi connectivity index (χ3n) is 3.96. The smallest absolute Gasteiger partial charge is 0.0457 e. The van der Waals surface area contributed by atoms with Crippen molar-refractivity contribution in [1.82, 2.24) is 10.3 Å². The van der Waals surface area contributed by atoms with E-state index in [-0.39, 0.29) is 0 Å². The summed E-state index contributed by atoms with van der Waals surface area (Å²) in [6.07, 6.45) is 3.14. The molecule has 0 saturated heterocycles. The first-order valence-corrected chi connectivity index (χ1v) is 7.64. The molecule has 3 rings (SSSR count). The molecule has 1 aromatic heterocycles. The predicted octanol–water partition coefficient (Wildman–Crippen LogP) is 4.56. The number of H-pyrrole nitrogens is 1. The van der Waals surface area contributed by atoms with Crippen LogP contribution < -0.4 is 5.32 Å². The molecule has 3 heteroatoms. The van der Waals surface area contributed by atoms with Gasteiger partial charge < -0.3 is 10.3 Å². The van der Waals surface area contributed by atoms with Crippen molar-refractivity contribution in [3.8, 4) is 0 Å². The Morgan fingerprint density at radius 1 is 1.05 bits per heavy atom.